The second-order valence-corrected chi connectivity index (χ2v) is 6.33. The largest absolute Gasteiger partial charge is 0.480 e. The number of aliphatic hydroxyl groups is 2. The lowest BCUT2D eigenvalue weighted by molar-refractivity contribution is -0.144. The highest BCUT2D eigenvalue weighted by atomic mass is 16.5. The predicted octanol–water partition coefficient (Wildman–Crippen LogP) is 2.61. The van der Waals surface area contributed by atoms with E-state index in [-0.39, 0.29) is 32.0 Å². The van der Waals surface area contributed by atoms with E-state index in [1.54, 1.807) is 0 Å². The molecule has 156 valence electrons. The molecule has 0 aromatic heterocycles. The van der Waals surface area contributed by atoms with E-state index in [1.165, 1.54) is 51.4 Å². The topological polar surface area (TPSA) is 130 Å². The number of carboxylic acid groups (broad SMARTS) is 1. The van der Waals surface area contributed by atoms with Crippen LogP contribution in [0.2, 0.25) is 0 Å². The molecule has 0 aromatic carbocycles. The minimum absolute atomic E-state index is 0.0746. The molecular formula is C19H39NO6. The van der Waals surface area contributed by atoms with Gasteiger partial charge in [-0.05, 0) is 12.8 Å². The van der Waals surface area contributed by atoms with Crippen molar-refractivity contribution in [3.05, 3.63) is 0 Å². The number of aliphatic hydroxyl groups excluding tert-OH is 2. The molecule has 0 aliphatic carbocycles. The monoisotopic (exact) mass is 377 g/mol. The van der Waals surface area contributed by atoms with Gasteiger partial charge in [0, 0.05) is 6.42 Å². The first-order chi connectivity index (χ1) is 12.5. The minimum Gasteiger partial charge on any atom is -0.480 e. The third-order valence-electron chi connectivity index (χ3n) is 3.84. The van der Waals surface area contributed by atoms with Gasteiger partial charge in [-0.2, -0.15) is 0 Å². The van der Waals surface area contributed by atoms with Gasteiger partial charge in [0.05, 0.1) is 19.8 Å². The first-order valence-electron chi connectivity index (χ1n) is 9.85. The molecule has 0 rings (SSSR count). The van der Waals surface area contributed by atoms with E-state index in [9.17, 15) is 9.59 Å². The molecule has 0 saturated carbocycles. The molecule has 0 aromatic rings. The summed E-state index contributed by atoms with van der Waals surface area (Å²) in [6.07, 6.45) is 12.6. The maximum atomic E-state index is 11.4. The molecule has 0 aliphatic heterocycles. The first kappa shape index (κ1) is 27.0. The van der Waals surface area contributed by atoms with Crippen LogP contribution >= 0.6 is 0 Å². The Morgan fingerprint density at radius 2 is 1.35 bits per heavy atom. The zero-order valence-electron chi connectivity index (χ0n) is 16.3. The van der Waals surface area contributed by atoms with E-state index in [4.69, 9.17) is 25.8 Å². The van der Waals surface area contributed by atoms with Crippen LogP contribution < -0.4 is 5.73 Å². The van der Waals surface area contributed by atoms with Crippen molar-refractivity contribution >= 4 is 11.9 Å². The number of hydrogen-bond acceptors (Lipinski definition) is 6. The highest BCUT2D eigenvalue weighted by Gasteiger charge is 2.13. The van der Waals surface area contributed by atoms with Gasteiger partial charge in [0.1, 0.15) is 6.04 Å². The lowest BCUT2D eigenvalue weighted by Gasteiger charge is -2.07. The number of carbonyl (C=O) groups excluding carboxylic acids is 1. The molecule has 0 radical (unpaired) electrons. The van der Waals surface area contributed by atoms with E-state index in [1.807, 2.05) is 0 Å². The molecule has 1 atom stereocenters. The molecule has 0 fully saturated rings. The van der Waals surface area contributed by atoms with Crippen LogP contribution in [-0.4, -0.2) is 53.1 Å². The number of hydrogen-bond donors (Lipinski definition) is 4. The molecule has 0 aliphatic rings. The van der Waals surface area contributed by atoms with Crippen molar-refractivity contribution in [1.82, 2.24) is 0 Å². The van der Waals surface area contributed by atoms with E-state index in [0.717, 1.165) is 12.8 Å². The first-order valence-corrected chi connectivity index (χ1v) is 9.85. The van der Waals surface area contributed by atoms with Gasteiger partial charge in [-0.15, -0.1) is 0 Å². The van der Waals surface area contributed by atoms with Gasteiger partial charge in [-0.1, -0.05) is 64.7 Å². The standard InChI is InChI=1S/C17H33NO4.C2H6O2/c1-2-3-4-5-6-7-8-9-10-11-14-22-16(19)13-12-15(18)17(20)21;3-1-2-4/h15H,2-14,18H2,1H3,(H,20,21);3-4H,1-2H2/t15-;/m0./s1. The third-order valence-corrected chi connectivity index (χ3v) is 3.84. The van der Waals surface area contributed by atoms with Gasteiger partial charge in [0.25, 0.3) is 0 Å². The number of aliphatic carboxylic acids is 1. The maximum absolute atomic E-state index is 11.4. The minimum atomic E-state index is -1.08. The summed E-state index contributed by atoms with van der Waals surface area (Å²) in [5.74, 6) is -1.44. The molecule has 0 amide bonds. The molecule has 7 nitrogen and oxygen atoms in total. The summed E-state index contributed by atoms with van der Waals surface area (Å²) < 4.78 is 5.06. The van der Waals surface area contributed by atoms with Gasteiger partial charge in [-0.25, -0.2) is 0 Å². The molecule has 0 spiro atoms. The molecule has 0 unspecified atom stereocenters. The summed E-state index contributed by atoms with van der Waals surface area (Å²) in [5.41, 5.74) is 5.32. The van der Waals surface area contributed by atoms with Crippen LogP contribution in [0.5, 0.6) is 0 Å². The van der Waals surface area contributed by atoms with Crippen LogP contribution in [-0.2, 0) is 14.3 Å². The van der Waals surface area contributed by atoms with E-state index in [2.05, 4.69) is 6.92 Å². The normalized spacial score (nSPS) is 11.4. The average molecular weight is 378 g/mol. The molecule has 0 saturated heterocycles. The van der Waals surface area contributed by atoms with Crippen LogP contribution in [0.1, 0.15) is 84.0 Å². The van der Waals surface area contributed by atoms with Crippen molar-refractivity contribution in [2.45, 2.75) is 90.0 Å². The van der Waals surface area contributed by atoms with Crippen LogP contribution in [0.25, 0.3) is 0 Å². The predicted molar refractivity (Wildman–Crippen MR) is 102 cm³/mol. The number of carboxylic acids is 1. The van der Waals surface area contributed by atoms with Crippen LogP contribution in [0.4, 0.5) is 0 Å². The summed E-state index contributed by atoms with van der Waals surface area (Å²) in [6, 6.07) is -0.982. The highest BCUT2D eigenvalue weighted by molar-refractivity contribution is 5.75. The van der Waals surface area contributed by atoms with Crippen LogP contribution in [0, 0.1) is 0 Å². The van der Waals surface area contributed by atoms with E-state index < -0.39 is 12.0 Å². The van der Waals surface area contributed by atoms with Crippen molar-refractivity contribution in [2.75, 3.05) is 19.8 Å². The number of esters is 1. The summed E-state index contributed by atoms with van der Waals surface area (Å²) >= 11 is 0. The zero-order chi connectivity index (χ0) is 20.0. The summed E-state index contributed by atoms with van der Waals surface area (Å²) in [4.78, 5) is 21.9. The summed E-state index contributed by atoms with van der Waals surface area (Å²) in [6.45, 7) is 2.41. The lowest BCUT2D eigenvalue weighted by atomic mass is 10.1. The van der Waals surface area contributed by atoms with E-state index in [0.29, 0.717) is 6.61 Å². The highest BCUT2D eigenvalue weighted by Crippen LogP contribution is 2.10. The van der Waals surface area contributed by atoms with Crippen molar-refractivity contribution in [3.63, 3.8) is 0 Å². The summed E-state index contributed by atoms with van der Waals surface area (Å²) in [5, 5.41) is 23.8. The Balaban J connectivity index is 0. The van der Waals surface area contributed by atoms with E-state index >= 15 is 0 Å². The van der Waals surface area contributed by atoms with Gasteiger partial charge < -0.3 is 25.8 Å². The van der Waals surface area contributed by atoms with Gasteiger partial charge in [0.2, 0.25) is 0 Å². The fourth-order valence-corrected chi connectivity index (χ4v) is 2.24. The average Bonchev–Trinajstić information content (AvgIpc) is 2.64. The lowest BCUT2D eigenvalue weighted by Crippen LogP contribution is -2.30. The Bertz CT molecular complexity index is 323. The Kier molecular flexibility index (Phi) is 22.7. The second kappa shape index (κ2) is 21.9. The number of nitrogens with two attached hydrogens (primary N) is 1. The Morgan fingerprint density at radius 3 is 1.77 bits per heavy atom. The molecular weight excluding hydrogens is 338 g/mol. The smallest absolute Gasteiger partial charge is 0.320 e. The number of rotatable bonds is 16. The molecule has 0 heterocycles. The Labute approximate surface area is 157 Å². The van der Waals surface area contributed by atoms with Crippen molar-refractivity contribution in [3.8, 4) is 0 Å². The zero-order valence-corrected chi connectivity index (χ0v) is 16.3. The molecule has 5 N–H and O–H groups in total. The molecule has 0 bridgehead atoms. The van der Waals surface area contributed by atoms with Crippen LogP contribution in [0.15, 0.2) is 0 Å². The van der Waals surface area contributed by atoms with Gasteiger partial charge in [0.15, 0.2) is 0 Å². The van der Waals surface area contributed by atoms with Gasteiger partial charge in [-0.3, -0.25) is 9.59 Å². The number of ether oxygens (including phenoxy) is 1. The maximum Gasteiger partial charge on any atom is 0.320 e. The Morgan fingerprint density at radius 1 is 0.885 bits per heavy atom. The molecule has 7 heteroatoms. The SMILES string of the molecule is CCCCCCCCCCCCOC(=O)CC[C@H](N)C(=O)O.OCCO. The Hall–Kier alpha value is -1.18. The summed E-state index contributed by atoms with van der Waals surface area (Å²) in [7, 11) is 0. The number of carbonyl (C=O) groups is 2. The quantitative estimate of drug-likeness (QED) is 0.240. The fourth-order valence-electron chi connectivity index (χ4n) is 2.24. The van der Waals surface area contributed by atoms with Crippen molar-refractivity contribution < 1.29 is 29.6 Å². The number of unbranched alkanes of at least 4 members (excludes halogenated alkanes) is 9. The molecule has 26 heavy (non-hydrogen) atoms. The van der Waals surface area contributed by atoms with Crippen molar-refractivity contribution in [1.29, 1.82) is 0 Å². The second-order valence-electron chi connectivity index (χ2n) is 6.33. The third kappa shape index (κ3) is 22.8. The van der Waals surface area contributed by atoms with Gasteiger partial charge >= 0.3 is 11.9 Å². The van der Waals surface area contributed by atoms with Crippen LogP contribution in [0.3, 0.4) is 0 Å². The fraction of sp³-hybridized carbons (Fsp3) is 0.895. The van der Waals surface area contributed by atoms with Crippen molar-refractivity contribution in [2.24, 2.45) is 5.73 Å².